The van der Waals surface area contributed by atoms with Crippen LogP contribution in [0.2, 0.25) is 0 Å². The third-order valence-corrected chi connectivity index (χ3v) is 17.8. The van der Waals surface area contributed by atoms with Crippen LogP contribution in [0, 0.1) is 0 Å². The number of hydrogen-bond acceptors (Lipinski definition) is 15. The first-order valence-electron chi connectivity index (χ1n) is 38.8. The number of phosphoric ester groups is 2. The molecule has 574 valence electrons. The summed E-state index contributed by atoms with van der Waals surface area (Å²) in [6.45, 7) is 4.54. The van der Waals surface area contributed by atoms with E-state index in [-0.39, 0.29) is 25.7 Å². The Labute approximate surface area is 606 Å². The van der Waals surface area contributed by atoms with Crippen LogP contribution in [0.15, 0.2) is 122 Å². The summed E-state index contributed by atoms with van der Waals surface area (Å²) in [5.74, 6) is -2.26. The van der Waals surface area contributed by atoms with Crippen LogP contribution in [0.4, 0.5) is 0 Å². The molecule has 17 nitrogen and oxygen atoms in total. The Morgan fingerprint density at radius 1 is 0.290 bits per heavy atom. The number of ether oxygens (including phenoxy) is 4. The van der Waals surface area contributed by atoms with Crippen LogP contribution < -0.4 is 0 Å². The summed E-state index contributed by atoms with van der Waals surface area (Å²) in [6.07, 6.45) is 79.1. The first kappa shape index (κ1) is 95.5. The van der Waals surface area contributed by atoms with Crippen LogP contribution >= 0.6 is 15.6 Å². The molecular weight excluding hydrogens is 1310 g/mol. The van der Waals surface area contributed by atoms with Gasteiger partial charge in [0.05, 0.1) is 26.4 Å². The molecule has 19 heteroatoms. The zero-order valence-electron chi connectivity index (χ0n) is 62.6. The van der Waals surface area contributed by atoms with Crippen LogP contribution in [0.25, 0.3) is 0 Å². The second kappa shape index (κ2) is 72.8. The summed E-state index contributed by atoms with van der Waals surface area (Å²) in [6, 6.07) is 0. The summed E-state index contributed by atoms with van der Waals surface area (Å²) in [4.78, 5) is 72.8. The van der Waals surface area contributed by atoms with Crippen LogP contribution in [0.3, 0.4) is 0 Å². The van der Waals surface area contributed by atoms with E-state index in [9.17, 15) is 43.2 Å². The SMILES string of the molecule is CC/C=C\C/C=C\C/C=C\C/C=C\C/C=C\CCCC(=O)OCC(COP(=O)(O)OCC(O)COP(=O)(O)OCC(COC(=O)CCCCCCCC/C=C\C/C=C\C/C=C\C/C=C\CC)OC(=O)CCCCCCC/C=C\CCCCCC)OC(=O)CCCCCCCCCCCCC. The van der Waals surface area contributed by atoms with E-state index in [1.165, 1.54) is 64.2 Å². The molecule has 0 saturated carbocycles. The fourth-order valence-electron chi connectivity index (χ4n) is 10.1. The molecule has 100 heavy (non-hydrogen) atoms. The Kier molecular flexibility index (Phi) is 69.5. The van der Waals surface area contributed by atoms with Crippen molar-refractivity contribution < 1.29 is 80.2 Å². The molecule has 3 N–H and O–H groups in total. The number of rotatable bonds is 72. The van der Waals surface area contributed by atoms with Crippen molar-refractivity contribution in [2.75, 3.05) is 39.6 Å². The van der Waals surface area contributed by atoms with Gasteiger partial charge in [0.25, 0.3) is 0 Å². The van der Waals surface area contributed by atoms with Gasteiger partial charge in [0, 0.05) is 25.7 Å². The van der Waals surface area contributed by atoms with Crippen molar-refractivity contribution in [3.05, 3.63) is 122 Å². The van der Waals surface area contributed by atoms with Crippen molar-refractivity contribution in [1.29, 1.82) is 0 Å². The van der Waals surface area contributed by atoms with Crippen LogP contribution in [0.5, 0.6) is 0 Å². The summed E-state index contributed by atoms with van der Waals surface area (Å²) in [5.41, 5.74) is 0. The Morgan fingerprint density at radius 2 is 0.530 bits per heavy atom. The molecule has 0 radical (unpaired) electrons. The van der Waals surface area contributed by atoms with Gasteiger partial charge in [-0.05, 0) is 128 Å². The Balaban J connectivity index is 5.36. The topological polar surface area (TPSA) is 237 Å². The van der Waals surface area contributed by atoms with E-state index in [0.717, 1.165) is 161 Å². The third-order valence-electron chi connectivity index (χ3n) is 15.9. The van der Waals surface area contributed by atoms with Gasteiger partial charge in [-0.25, -0.2) is 9.13 Å². The van der Waals surface area contributed by atoms with Crippen molar-refractivity contribution in [2.45, 2.75) is 329 Å². The molecule has 0 amide bonds. The average molecular weight is 1450 g/mol. The molecular formula is C81H138O17P2. The fourth-order valence-corrected chi connectivity index (χ4v) is 11.6. The Hall–Kier alpha value is -4.54. The summed E-state index contributed by atoms with van der Waals surface area (Å²) < 4.78 is 68.4. The Bertz CT molecular complexity index is 2370. The highest BCUT2D eigenvalue weighted by molar-refractivity contribution is 7.47. The number of esters is 4. The highest BCUT2D eigenvalue weighted by Gasteiger charge is 2.30. The van der Waals surface area contributed by atoms with E-state index >= 15 is 0 Å². The minimum Gasteiger partial charge on any atom is -0.462 e. The van der Waals surface area contributed by atoms with Gasteiger partial charge >= 0.3 is 39.5 Å². The normalized spacial score (nSPS) is 14.6. The van der Waals surface area contributed by atoms with E-state index < -0.39 is 97.5 Å². The molecule has 0 rings (SSSR count). The molecule has 5 atom stereocenters. The van der Waals surface area contributed by atoms with Gasteiger partial charge < -0.3 is 33.8 Å². The molecule has 0 heterocycles. The van der Waals surface area contributed by atoms with E-state index in [1.807, 2.05) is 12.2 Å². The smallest absolute Gasteiger partial charge is 0.462 e. The average Bonchev–Trinajstić information content (AvgIpc) is 0.937. The first-order chi connectivity index (χ1) is 48.7. The molecule has 0 aliphatic carbocycles. The second-order valence-corrected chi connectivity index (χ2v) is 28.4. The number of aliphatic hydroxyl groups is 1. The van der Waals surface area contributed by atoms with Gasteiger partial charge in [-0.15, -0.1) is 0 Å². The number of carbonyl (C=O) groups excluding carboxylic acids is 4. The summed E-state index contributed by atoms with van der Waals surface area (Å²) in [7, 11) is -9.97. The lowest BCUT2D eigenvalue weighted by atomic mass is 10.1. The van der Waals surface area contributed by atoms with Crippen molar-refractivity contribution in [2.24, 2.45) is 0 Å². The number of aliphatic hydroxyl groups excluding tert-OH is 1. The zero-order valence-corrected chi connectivity index (χ0v) is 64.4. The van der Waals surface area contributed by atoms with E-state index in [4.69, 9.17) is 37.0 Å². The molecule has 0 fully saturated rings. The molecule has 0 saturated heterocycles. The number of unbranched alkanes of at least 4 members (excludes halogenated alkanes) is 26. The van der Waals surface area contributed by atoms with E-state index in [1.54, 1.807) is 0 Å². The number of carbonyl (C=O) groups is 4. The van der Waals surface area contributed by atoms with Crippen molar-refractivity contribution >= 4 is 39.5 Å². The molecule has 0 bridgehead atoms. The standard InChI is InChI=1S/C81H138O17P2/c1-5-9-13-17-21-25-29-32-34-36-37-39-41-44-47-50-54-58-62-66-79(84)92-72-77(98-81(86)68-64-60-56-52-48-42-31-27-23-19-15-11-7-3)74-96-100(89,90)94-70-75(82)69-93-99(87,88)95-73-76(97-80(85)67-63-59-55-51-45-28-24-20-16-12-8-4)71-91-78(83)65-61-57-53-49-46-43-40-38-35-33-30-26-22-18-14-10-6-2/h9-10,13-14,21-22,25-27,31-35,37,39-40,43,49,53,75-77,82H,5-8,11-12,15-20,23-24,28-30,36,38,41-42,44-48,50-52,54-74H2,1-4H3,(H,87,88)(H,89,90)/b13-9-,14-10-,25-21-,26-22-,31-27-,34-32-,35-33-,39-37-,43-40-,53-49-. The maximum Gasteiger partial charge on any atom is 0.472 e. The minimum absolute atomic E-state index is 0.0790. The van der Waals surface area contributed by atoms with Gasteiger partial charge in [0.1, 0.15) is 19.3 Å². The highest BCUT2D eigenvalue weighted by atomic mass is 31.2. The highest BCUT2D eigenvalue weighted by Crippen LogP contribution is 2.45. The lowest BCUT2D eigenvalue weighted by Crippen LogP contribution is -2.30. The maximum absolute atomic E-state index is 13.1. The van der Waals surface area contributed by atoms with E-state index in [2.05, 4.69) is 137 Å². The van der Waals surface area contributed by atoms with Crippen LogP contribution in [-0.2, 0) is 65.4 Å². The molecule has 0 aromatic carbocycles. The van der Waals surface area contributed by atoms with Gasteiger partial charge in [-0.1, -0.05) is 278 Å². The number of phosphoric acid groups is 2. The lowest BCUT2D eigenvalue weighted by molar-refractivity contribution is -0.161. The molecule has 0 spiro atoms. The van der Waals surface area contributed by atoms with Gasteiger partial charge in [0.2, 0.25) is 0 Å². The number of hydrogen-bond donors (Lipinski definition) is 3. The third kappa shape index (κ3) is 71.8. The quantitative estimate of drug-likeness (QED) is 0.0169. The summed E-state index contributed by atoms with van der Waals surface area (Å²) >= 11 is 0. The Morgan fingerprint density at radius 3 is 0.860 bits per heavy atom. The van der Waals surface area contributed by atoms with Gasteiger partial charge in [0.15, 0.2) is 12.2 Å². The molecule has 0 aliphatic heterocycles. The van der Waals surface area contributed by atoms with Crippen molar-refractivity contribution in [3.63, 3.8) is 0 Å². The second-order valence-electron chi connectivity index (χ2n) is 25.5. The summed E-state index contributed by atoms with van der Waals surface area (Å²) in [5, 5.41) is 10.6. The fraction of sp³-hybridized carbons (Fsp3) is 0.704. The first-order valence-corrected chi connectivity index (χ1v) is 41.8. The predicted octanol–water partition coefficient (Wildman–Crippen LogP) is 22.3. The minimum atomic E-state index is -4.98. The molecule has 0 aliphatic rings. The number of allylic oxidation sites excluding steroid dienone is 20. The van der Waals surface area contributed by atoms with Gasteiger partial charge in [-0.2, -0.15) is 0 Å². The van der Waals surface area contributed by atoms with Crippen LogP contribution in [-0.4, -0.2) is 96.7 Å². The van der Waals surface area contributed by atoms with Crippen molar-refractivity contribution in [1.82, 2.24) is 0 Å². The zero-order chi connectivity index (χ0) is 73.2. The largest absolute Gasteiger partial charge is 0.472 e. The predicted molar refractivity (Wildman–Crippen MR) is 408 cm³/mol. The van der Waals surface area contributed by atoms with E-state index in [0.29, 0.717) is 32.1 Å². The monoisotopic (exact) mass is 1440 g/mol. The molecule has 0 aromatic rings. The molecule has 0 aromatic heterocycles. The van der Waals surface area contributed by atoms with Gasteiger partial charge in [-0.3, -0.25) is 37.3 Å². The lowest BCUT2D eigenvalue weighted by Gasteiger charge is -2.21. The maximum atomic E-state index is 13.1. The molecule has 5 unspecified atom stereocenters. The van der Waals surface area contributed by atoms with Crippen LogP contribution in [0.1, 0.15) is 310 Å². The van der Waals surface area contributed by atoms with Crippen molar-refractivity contribution in [3.8, 4) is 0 Å².